The second-order valence-corrected chi connectivity index (χ2v) is 5.96. The van der Waals surface area contributed by atoms with Crippen molar-refractivity contribution in [1.82, 2.24) is 10.6 Å². The van der Waals surface area contributed by atoms with Gasteiger partial charge in [-0.15, -0.1) is 0 Å². The van der Waals surface area contributed by atoms with Crippen molar-refractivity contribution in [1.29, 1.82) is 0 Å². The second-order valence-electron chi connectivity index (χ2n) is 5.96. The Morgan fingerprint density at radius 1 is 1.21 bits per heavy atom. The molecule has 5 heteroatoms. The molecule has 0 radical (unpaired) electrons. The Morgan fingerprint density at radius 2 is 1.92 bits per heavy atom. The van der Waals surface area contributed by atoms with Gasteiger partial charge in [0.25, 0.3) is 0 Å². The third kappa shape index (κ3) is 4.11. The van der Waals surface area contributed by atoms with Crippen LogP contribution < -0.4 is 15.4 Å². The maximum Gasteiger partial charge on any atom is 0.241 e. The number of benzene rings is 2. The Bertz CT molecular complexity index is 699. The van der Waals surface area contributed by atoms with E-state index >= 15 is 0 Å². The lowest BCUT2D eigenvalue weighted by Crippen LogP contribution is -2.38. The summed E-state index contributed by atoms with van der Waals surface area (Å²) >= 11 is 0. The zero-order chi connectivity index (χ0) is 16.9. The third-order valence-corrected chi connectivity index (χ3v) is 4.08. The van der Waals surface area contributed by atoms with Crippen LogP contribution in [-0.2, 0) is 11.3 Å². The molecule has 1 fully saturated rings. The predicted molar refractivity (Wildman–Crippen MR) is 90.1 cm³/mol. The van der Waals surface area contributed by atoms with E-state index in [1.54, 1.807) is 19.2 Å². The molecule has 2 aromatic rings. The van der Waals surface area contributed by atoms with Gasteiger partial charge in [0, 0.05) is 18.2 Å². The highest BCUT2D eigenvalue weighted by atomic mass is 19.1. The molecule has 2 N–H and O–H groups in total. The SMILES string of the molecule is COc1ccccc1CN[C@H](C(=O)NC1CC1)c1ccc(F)cc1. The lowest BCUT2D eigenvalue weighted by Gasteiger charge is -2.20. The molecular weight excluding hydrogens is 307 g/mol. The van der Waals surface area contributed by atoms with Gasteiger partial charge in [0.1, 0.15) is 17.6 Å². The number of carbonyl (C=O) groups excluding carboxylic acids is 1. The van der Waals surface area contributed by atoms with Crippen molar-refractivity contribution < 1.29 is 13.9 Å². The lowest BCUT2D eigenvalue weighted by molar-refractivity contribution is -0.123. The maximum absolute atomic E-state index is 13.2. The predicted octanol–water partition coefficient (Wildman–Crippen LogP) is 2.94. The number of methoxy groups -OCH3 is 1. The van der Waals surface area contributed by atoms with Crippen LogP contribution in [0.5, 0.6) is 5.75 Å². The molecule has 1 aliphatic carbocycles. The molecule has 24 heavy (non-hydrogen) atoms. The van der Waals surface area contributed by atoms with E-state index in [0.717, 1.165) is 29.7 Å². The highest BCUT2D eigenvalue weighted by molar-refractivity contribution is 5.83. The molecule has 126 valence electrons. The Hall–Kier alpha value is -2.40. The summed E-state index contributed by atoms with van der Waals surface area (Å²) in [4.78, 5) is 12.6. The normalized spacial score (nSPS) is 14.9. The first-order valence-electron chi connectivity index (χ1n) is 8.08. The first-order chi connectivity index (χ1) is 11.7. The number of hydrogen-bond acceptors (Lipinski definition) is 3. The van der Waals surface area contributed by atoms with Gasteiger partial charge in [0.15, 0.2) is 0 Å². The summed E-state index contributed by atoms with van der Waals surface area (Å²) in [6.07, 6.45) is 2.04. The summed E-state index contributed by atoms with van der Waals surface area (Å²) in [7, 11) is 1.62. The van der Waals surface area contributed by atoms with Gasteiger partial charge >= 0.3 is 0 Å². The number of ether oxygens (including phenoxy) is 1. The van der Waals surface area contributed by atoms with E-state index < -0.39 is 6.04 Å². The number of amides is 1. The van der Waals surface area contributed by atoms with Gasteiger partial charge in [-0.25, -0.2) is 4.39 Å². The largest absolute Gasteiger partial charge is 0.496 e. The van der Waals surface area contributed by atoms with Crippen molar-refractivity contribution in [2.75, 3.05) is 7.11 Å². The number of halogens is 1. The van der Waals surface area contributed by atoms with Gasteiger partial charge in [-0.1, -0.05) is 30.3 Å². The van der Waals surface area contributed by atoms with Crippen LogP contribution in [0.1, 0.15) is 30.0 Å². The van der Waals surface area contributed by atoms with Crippen molar-refractivity contribution in [3.8, 4) is 5.75 Å². The van der Waals surface area contributed by atoms with Crippen LogP contribution in [0.15, 0.2) is 48.5 Å². The molecule has 0 heterocycles. The monoisotopic (exact) mass is 328 g/mol. The molecule has 1 atom stereocenters. The molecule has 1 amide bonds. The average Bonchev–Trinajstić information content (AvgIpc) is 3.41. The molecule has 0 aliphatic heterocycles. The van der Waals surface area contributed by atoms with Crippen LogP contribution in [0.2, 0.25) is 0 Å². The fraction of sp³-hybridized carbons (Fsp3) is 0.316. The van der Waals surface area contributed by atoms with Crippen molar-refractivity contribution in [2.24, 2.45) is 0 Å². The van der Waals surface area contributed by atoms with E-state index in [2.05, 4.69) is 10.6 Å². The second kappa shape index (κ2) is 7.45. The summed E-state index contributed by atoms with van der Waals surface area (Å²) in [5.41, 5.74) is 1.70. The van der Waals surface area contributed by atoms with Crippen LogP contribution in [-0.4, -0.2) is 19.1 Å². The van der Waals surface area contributed by atoms with E-state index in [1.165, 1.54) is 12.1 Å². The Balaban J connectivity index is 1.76. The topological polar surface area (TPSA) is 50.4 Å². The first kappa shape index (κ1) is 16.5. The number of para-hydroxylation sites is 1. The summed E-state index contributed by atoms with van der Waals surface area (Å²) in [6.45, 7) is 0.476. The van der Waals surface area contributed by atoms with Crippen LogP contribution >= 0.6 is 0 Å². The number of hydrogen-bond donors (Lipinski definition) is 2. The molecule has 0 bridgehead atoms. The highest BCUT2D eigenvalue weighted by Gasteiger charge is 2.28. The van der Waals surface area contributed by atoms with E-state index in [4.69, 9.17) is 4.74 Å². The average molecular weight is 328 g/mol. The molecule has 0 saturated heterocycles. The zero-order valence-electron chi connectivity index (χ0n) is 13.6. The van der Waals surface area contributed by atoms with Crippen molar-refractivity contribution in [3.63, 3.8) is 0 Å². The van der Waals surface area contributed by atoms with Crippen LogP contribution in [0.3, 0.4) is 0 Å². The zero-order valence-corrected chi connectivity index (χ0v) is 13.6. The van der Waals surface area contributed by atoms with E-state index in [9.17, 15) is 9.18 Å². The van der Waals surface area contributed by atoms with E-state index in [0.29, 0.717) is 6.54 Å². The molecule has 0 unspecified atom stereocenters. The maximum atomic E-state index is 13.2. The number of carbonyl (C=O) groups is 1. The minimum Gasteiger partial charge on any atom is -0.496 e. The van der Waals surface area contributed by atoms with Gasteiger partial charge in [-0.05, 0) is 36.6 Å². The summed E-state index contributed by atoms with van der Waals surface area (Å²) < 4.78 is 18.5. The van der Waals surface area contributed by atoms with Gasteiger partial charge in [-0.2, -0.15) is 0 Å². The van der Waals surface area contributed by atoms with Gasteiger partial charge in [0.05, 0.1) is 7.11 Å². The Morgan fingerprint density at radius 3 is 2.58 bits per heavy atom. The third-order valence-electron chi connectivity index (χ3n) is 4.08. The van der Waals surface area contributed by atoms with Crippen LogP contribution in [0.4, 0.5) is 4.39 Å². The number of nitrogens with one attached hydrogen (secondary N) is 2. The molecule has 0 spiro atoms. The van der Waals surface area contributed by atoms with Crippen molar-refractivity contribution in [2.45, 2.75) is 31.5 Å². The van der Waals surface area contributed by atoms with Gasteiger partial charge in [0.2, 0.25) is 5.91 Å². The minimum absolute atomic E-state index is 0.0843. The Kier molecular flexibility index (Phi) is 5.11. The minimum atomic E-state index is -0.531. The standard InChI is InChI=1S/C19H21FN2O2/c1-24-17-5-3-2-4-14(17)12-21-18(19(23)22-16-10-11-16)13-6-8-15(20)9-7-13/h2-9,16,18,21H,10-12H2,1H3,(H,22,23)/t18-/m0/s1. The summed E-state index contributed by atoms with van der Waals surface area (Å²) in [5.74, 6) is 0.370. The van der Waals surface area contributed by atoms with Crippen LogP contribution in [0.25, 0.3) is 0 Å². The van der Waals surface area contributed by atoms with Gasteiger partial charge in [-0.3, -0.25) is 10.1 Å². The lowest BCUT2D eigenvalue weighted by atomic mass is 10.1. The fourth-order valence-corrected chi connectivity index (χ4v) is 2.59. The van der Waals surface area contributed by atoms with Crippen molar-refractivity contribution >= 4 is 5.91 Å². The van der Waals surface area contributed by atoms with E-state index in [-0.39, 0.29) is 17.8 Å². The summed E-state index contributed by atoms with van der Waals surface area (Å²) in [5, 5.41) is 6.27. The number of rotatable bonds is 7. The van der Waals surface area contributed by atoms with Gasteiger partial charge < -0.3 is 10.1 Å². The molecule has 4 nitrogen and oxygen atoms in total. The molecule has 0 aromatic heterocycles. The molecule has 1 aliphatic rings. The van der Waals surface area contributed by atoms with Crippen molar-refractivity contribution in [3.05, 3.63) is 65.5 Å². The highest BCUT2D eigenvalue weighted by Crippen LogP contribution is 2.23. The molecule has 2 aromatic carbocycles. The quantitative estimate of drug-likeness (QED) is 0.822. The molecular formula is C19H21FN2O2. The summed E-state index contributed by atoms with van der Waals surface area (Å²) in [6, 6.07) is 13.4. The molecule has 3 rings (SSSR count). The van der Waals surface area contributed by atoms with E-state index in [1.807, 2.05) is 24.3 Å². The smallest absolute Gasteiger partial charge is 0.241 e. The Labute approximate surface area is 141 Å². The first-order valence-corrected chi connectivity index (χ1v) is 8.08. The fourth-order valence-electron chi connectivity index (χ4n) is 2.59. The molecule has 1 saturated carbocycles. The van der Waals surface area contributed by atoms with Crippen LogP contribution in [0, 0.1) is 5.82 Å².